The number of aliphatic imine (C=N–C) groups is 1. The summed E-state index contributed by atoms with van der Waals surface area (Å²) in [5.74, 6) is 0.938. The van der Waals surface area contributed by atoms with Gasteiger partial charge in [0.25, 0.3) is 0 Å². The molecule has 0 aliphatic carbocycles. The van der Waals surface area contributed by atoms with Crippen LogP contribution in [0, 0.1) is 0 Å². The number of aromatic hydroxyl groups is 1. The molecule has 19 heavy (non-hydrogen) atoms. The summed E-state index contributed by atoms with van der Waals surface area (Å²) in [6, 6.07) is 2.98. The van der Waals surface area contributed by atoms with Crippen LogP contribution in [-0.4, -0.2) is 37.0 Å². The maximum Gasteiger partial charge on any atom is 0.217 e. The minimum atomic E-state index is -0.450. The number of aryl methyl sites for hydroxylation is 1. The molecule has 1 aliphatic heterocycles. The lowest BCUT2D eigenvalue weighted by Gasteiger charge is -2.12. The lowest BCUT2D eigenvalue weighted by Crippen LogP contribution is -2.06. The van der Waals surface area contributed by atoms with E-state index in [0.29, 0.717) is 17.2 Å². The van der Waals surface area contributed by atoms with Gasteiger partial charge in [-0.2, -0.15) is 0 Å². The van der Waals surface area contributed by atoms with E-state index in [4.69, 9.17) is 9.47 Å². The lowest BCUT2D eigenvalue weighted by atomic mass is 10.0. The Hall–Kier alpha value is -2.04. The van der Waals surface area contributed by atoms with Gasteiger partial charge in [0, 0.05) is 5.56 Å². The Balaban J connectivity index is 2.39. The van der Waals surface area contributed by atoms with Crippen LogP contribution in [0.3, 0.4) is 0 Å². The lowest BCUT2D eigenvalue weighted by molar-refractivity contribution is -0.109. The van der Waals surface area contributed by atoms with Crippen molar-refractivity contribution in [1.82, 2.24) is 0 Å². The molecule has 5 nitrogen and oxygen atoms in total. The van der Waals surface area contributed by atoms with Crippen LogP contribution in [0.15, 0.2) is 17.1 Å². The standard InChI is InChI=1S/C14H17NO4/c1-3-4-9-5-10(6-12(17)13(9)18-2)14-15-11(7-16)8-19-14/h5-7,11,17H,3-4,8H2,1-2H3. The largest absolute Gasteiger partial charge is 0.504 e. The molecular formula is C14H17NO4. The van der Waals surface area contributed by atoms with E-state index in [2.05, 4.69) is 11.9 Å². The van der Waals surface area contributed by atoms with E-state index >= 15 is 0 Å². The van der Waals surface area contributed by atoms with E-state index in [1.807, 2.05) is 6.07 Å². The molecule has 1 aromatic rings. The minimum Gasteiger partial charge on any atom is -0.504 e. The average molecular weight is 263 g/mol. The number of benzene rings is 1. The first kappa shape index (κ1) is 13.4. The number of carbonyl (C=O) groups excluding carboxylic acids is 1. The van der Waals surface area contributed by atoms with Gasteiger partial charge in [-0.3, -0.25) is 0 Å². The van der Waals surface area contributed by atoms with Gasteiger partial charge < -0.3 is 19.4 Å². The number of phenols is 1. The fourth-order valence-electron chi connectivity index (χ4n) is 2.10. The predicted molar refractivity (Wildman–Crippen MR) is 71.0 cm³/mol. The van der Waals surface area contributed by atoms with Crippen molar-refractivity contribution in [2.45, 2.75) is 25.8 Å². The second-order valence-corrected chi connectivity index (χ2v) is 4.39. The number of carbonyl (C=O) groups is 1. The van der Waals surface area contributed by atoms with Crippen LogP contribution >= 0.6 is 0 Å². The zero-order chi connectivity index (χ0) is 13.8. The second-order valence-electron chi connectivity index (χ2n) is 4.39. The summed E-state index contributed by atoms with van der Waals surface area (Å²) in [4.78, 5) is 14.8. The Morgan fingerprint density at radius 2 is 2.37 bits per heavy atom. The number of aldehydes is 1. The number of nitrogens with zero attached hydrogens (tertiary/aromatic N) is 1. The molecule has 1 aliphatic rings. The molecule has 0 spiro atoms. The van der Waals surface area contributed by atoms with Crippen LogP contribution in [0.1, 0.15) is 24.5 Å². The third-order valence-corrected chi connectivity index (χ3v) is 2.95. The molecule has 0 amide bonds. The highest BCUT2D eigenvalue weighted by Crippen LogP contribution is 2.33. The normalized spacial score (nSPS) is 17.8. The van der Waals surface area contributed by atoms with Crippen molar-refractivity contribution in [2.24, 2.45) is 4.99 Å². The smallest absolute Gasteiger partial charge is 0.217 e. The molecule has 102 valence electrons. The molecule has 1 aromatic carbocycles. The molecule has 0 bridgehead atoms. The van der Waals surface area contributed by atoms with E-state index in [-0.39, 0.29) is 12.4 Å². The highest BCUT2D eigenvalue weighted by atomic mass is 16.5. The number of hydrogen-bond donors (Lipinski definition) is 1. The first-order valence-corrected chi connectivity index (χ1v) is 6.25. The number of methoxy groups -OCH3 is 1. The van der Waals surface area contributed by atoms with Crippen LogP contribution in [0.4, 0.5) is 0 Å². The third kappa shape index (κ3) is 2.70. The Bertz CT molecular complexity index is 510. The van der Waals surface area contributed by atoms with Crippen molar-refractivity contribution in [3.05, 3.63) is 23.3 Å². The van der Waals surface area contributed by atoms with Crippen molar-refractivity contribution in [2.75, 3.05) is 13.7 Å². The molecule has 1 heterocycles. The van der Waals surface area contributed by atoms with Gasteiger partial charge >= 0.3 is 0 Å². The SMILES string of the molecule is CCCc1cc(C2=NC(C=O)CO2)cc(O)c1OC. The number of ether oxygens (including phenoxy) is 2. The fourth-order valence-corrected chi connectivity index (χ4v) is 2.10. The van der Waals surface area contributed by atoms with E-state index in [0.717, 1.165) is 24.7 Å². The molecule has 0 saturated carbocycles. The number of rotatable bonds is 5. The van der Waals surface area contributed by atoms with Crippen LogP contribution in [0.2, 0.25) is 0 Å². The Morgan fingerprint density at radius 3 is 2.95 bits per heavy atom. The average Bonchev–Trinajstić information content (AvgIpc) is 2.87. The van der Waals surface area contributed by atoms with Crippen LogP contribution in [-0.2, 0) is 16.0 Å². The Morgan fingerprint density at radius 1 is 1.58 bits per heavy atom. The maximum atomic E-state index is 10.7. The molecule has 1 atom stereocenters. The molecule has 0 saturated heterocycles. The summed E-state index contributed by atoms with van der Waals surface area (Å²) < 4.78 is 10.6. The molecule has 0 fully saturated rings. The molecule has 5 heteroatoms. The van der Waals surface area contributed by atoms with Crippen molar-refractivity contribution >= 4 is 12.2 Å². The first-order chi connectivity index (χ1) is 9.19. The van der Waals surface area contributed by atoms with Gasteiger partial charge in [0.15, 0.2) is 11.5 Å². The molecule has 0 radical (unpaired) electrons. The Labute approximate surface area is 111 Å². The van der Waals surface area contributed by atoms with Crippen molar-refractivity contribution < 1.29 is 19.4 Å². The topological polar surface area (TPSA) is 68.1 Å². The molecule has 0 aromatic heterocycles. The summed E-state index contributed by atoms with van der Waals surface area (Å²) >= 11 is 0. The summed E-state index contributed by atoms with van der Waals surface area (Å²) in [6.07, 6.45) is 2.47. The van der Waals surface area contributed by atoms with Crippen molar-refractivity contribution in [1.29, 1.82) is 0 Å². The van der Waals surface area contributed by atoms with E-state index < -0.39 is 6.04 Å². The predicted octanol–water partition coefficient (Wildman–Crippen LogP) is 1.70. The van der Waals surface area contributed by atoms with E-state index in [1.165, 1.54) is 7.11 Å². The number of hydrogen-bond acceptors (Lipinski definition) is 5. The van der Waals surface area contributed by atoms with Gasteiger partial charge in [0.1, 0.15) is 18.9 Å². The van der Waals surface area contributed by atoms with Crippen LogP contribution in [0.5, 0.6) is 11.5 Å². The fraction of sp³-hybridized carbons (Fsp3) is 0.429. The van der Waals surface area contributed by atoms with Gasteiger partial charge in [0.2, 0.25) is 5.90 Å². The summed E-state index contributed by atoms with van der Waals surface area (Å²) in [6.45, 7) is 2.31. The van der Waals surface area contributed by atoms with E-state index in [9.17, 15) is 9.90 Å². The summed E-state index contributed by atoms with van der Waals surface area (Å²) in [5, 5.41) is 9.98. The van der Waals surface area contributed by atoms with Gasteiger partial charge in [-0.05, 0) is 24.1 Å². The molecule has 1 N–H and O–H groups in total. The van der Waals surface area contributed by atoms with Gasteiger partial charge in [-0.15, -0.1) is 0 Å². The van der Waals surface area contributed by atoms with Crippen molar-refractivity contribution in [3.8, 4) is 11.5 Å². The van der Waals surface area contributed by atoms with Gasteiger partial charge in [0.05, 0.1) is 7.11 Å². The van der Waals surface area contributed by atoms with Gasteiger partial charge in [-0.1, -0.05) is 13.3 Å². The number of phenolic OH excluding ortho intramolecular Hbond substituents is 1. The van der Waals surface area contributed by atoms with Crippen molar-refractivity contribution in [3.63, 3.8) is 0 Å². The minimum absolute atomic E-state index is 0.0595. The monoisotopic (exact) mass is 263 g/mol. The first-order valence-electron chi connectivity index (χ1n) is 6.25. The van der Waals surface area contributed by atoms with Crippen LogP contribution in [0.25, 0.3) is 0 Å². The maximum absolute atomic E-state index is 10.7. The third-order valence-electron chi connectivity index (χ3n) is 2.95. The highest BCUT2D eigenvalue weighted by molar-refractivity contribution is 5.97. The molecule has 1 unspecified atom stereocenters. The molecule has 2 rings (SSSR count). The summed E-state index contributed by atoms with van der Waals surface area (Å²) in [7, 11) is 1.53. The zero-order valence-corrected chi connectivity index (χ0v) is 11.0. The quantitative estimate of drug-likeness (QED) is 0.821. The molecular weight excluding hydrogens is 246 g/mol. The van der Waals surface area contributed by atoms with E-state index in [1.54, 1.807) is 6.07 Å². The van der Waals surface area contributed by atoms with Crippen LogP contribution < -0.4 is 4.74 Å². The second kappa shape index (κ2) is 5.73. The van der Waals surface area contributed by atoms with Gasteiger partial charge in [-0.25, -0.2) is 4.99 Å². The zero-order valence-electron chi connectivity index (χ0n) is 11.0. The Kier molecular flexibility index (Phi) is 4.04. The highest BCUT2D eigenvalue weighted by Gasteiger charge is 2.21. The summed E-state index contributed by atoms with van der Waals surface area (Å²) in [5.41, 5.74) is 1.58.